The van der Waals surface area contributed by atoms with Gasteiger partial charge in [0.1, 0.15) is 0 Å². The molecular formula is C13H26N2O. The summed E-state index contributed by atoms with van der Waals surface area (Å²) in [7, 11) is 4.04. The fourth-order valence-corrected chi connectivity index (χ4v) is 2.32. The van der Waals surface area contributed by atoms with E-state index in [1.165, 1.54) is 32.1 Å². The van der Waals surface area contributed by atoms with Gasteiger partial charge in [-0.3, -0.25) is 4.79 Å². The lowest BCUT2D eigenvalue weighted by Gasteiger charge is -2.21. The Balaban J connectivity index is 2.00. The summed E-state index contributed by atoms with van der Waals surface area (Å²) in [6.45, 7) is 1.70. The first kappa shape index (κ1) is 13.5. The predicted octanol–water partition coefficient (Wildman–Crippen LogP) is 2.02. The molecule has 0 atom stereocenters. The van der Waals surface area contributed by atoms with E-state index >= 15 is 0 Å². The molecule has 3 nitrogen and oxygen atoms in total. The number of likely N-dealkylation sites (N-methyl/N-ethyl adjacent to an activating group) is 1. The van der Waals surface area contributed by atoms with Crippen molar-refractivity contribution < 1.29 is 4.79 Å². The Morgan fingerprint density at radius 1 is 1.25 bits per heavy atom. The first-order valence-corrected chi connectivity index (χ1v) is 6.60. The third-order valence-electron chi connectivity index (χ3n) is 3.39. The summed E-state index contributed by atoms with van der Waals surface area (Å²) < 4.78 is 0. The molecule has 3 heteroatoms. The fourth-order valence-electron chi connectivity index (χ4n) is 2.32. The van der Waals surface area contributed by atoms with Gasteiger partial charge in [0.15, 0.2) is 0 Å². The standard InChI is InChI=1S/C13H26N2O/c1-15(2)11-10-14-13(16)9-8-12-6-4-3-5-7-12/h12H,3-11H2,1-2H3,(H,14,16). The molecule has 1 fully saturated rings. The lowest BCUT2D eigenvalue weighted by molar-refractivity contribution is -0.121. The van der Waals surface area contributed by atoms with Crippen LogP contribution in [0.25, 0.3) is 0 Å². The second-order valence-corrected chi connectivity index (χ2v) is 5.20. The van der Waals surface area contributed by atoms with E-state index in [1.54, 1.807) is 0 Å². The quantitative estimate of drug-likeness (QED) is 0.751. The van der Waals surface area contributed by atoms with E-state index < -0.39 is 0 Å². The first-order chi connectivity index (χ1) is 7.68. The van der Waals surface area contributed by atoms with Crippen LogP contribution in [0.15, 0.2) is 0 Å². The summed E-state index contributed by atoms with van der Waals surface area (Å²) in [5.74, 6) is 1.04. The molecule has 0 spiro atoms. The van der Waals surface area contributed by atoms with Gasteiger partial charge in [-0.05, 0) is 26.4 Å². The molecule has 0 heterocycles. The van der Waals surface area contributed by atoms with Crippen LogP contribution in [0.2, 0.25) is 0 Å². The molecule has 0 saturated heterocycles. The molecule has 1 rings (SSSR count). The highest BCUT2D eigenvalue weighted by Crippen LogP contribution is 2.26. The van der Waals surface area contributed by atoms with Gasteiger partial charge in [0.2, 0.25) is 5.91 Å². The zero-order chi connectivity index (χ0) is 11.8. The third kappa shape index (κ3) is 6.11. The molecule has 0 aromatic rings. The van der Waals surface area contributed by atoms with Crippen LogP contribution in [0.1, 0.15) is 44.9 Å². The minimum atomic E-state index is 0.229. The number of hydrogen-bond donors (Lipinski definition) is 1. The summed E-state index contributed by atoms with van der Waals surface area (Å²) >= 11 is 0. The Bertz CT molecular complexity index is 198. The monoisotopic (exact) mass is 226 g/mol. The van der Waals surface area contributed by atoms with Gasteiger partial charge in [0.25, 0.3) is 0 Å². The maximum atomic E-state index is 11.5. The van der Waals surface area contributed by atoms with Crippen LogP contribution in [0.4, 0.5) is 0 Å². The molecule has 0 aromatic heterocycles. The predicted molar refractivity (Wildman–Crippen MR) is 67.4 cm³/mol. The lowest BCUT2D eigenvalue weighted by atomic mass is 9.86. The minimum absolute atomic E-state index is 0.229. The molecule has 1 amide bonds. The highest BCUT2D eigenvalue weighted by atomic mass is 16.1. The lowest BCUT2D eigenvalue weighted by Crippen LogP contribution is -2.31. The molecule has 1 aliphatic carbocycles. The van der Waals surface area contributed by atoms with Crippen molar-refractivity contribution in [2.24, 2.45) is 5.92 Å². The van der Waals surface area contributed by atoms with Crippen LogP contribution in [0.5, 0.6) is 0 Å². The van der Waals surface area contributed by atoms with E-state index in [9.17, 15) is 4.79 Å². The van der Waals surface area contributed by atoms with Crippen LogP contribution < -0.4 is 5.32 Å². The number of amides is 1. The van der Waals surface area contributed by atoms with Crippen LogP contribution in [0.3, 0.4) is 0 Å². The fraction of sp³-hybridized carbons (Fsp3) is 0.923. The number of carbonyl (C=O) groups is 1. The average molecular weight is 226 g/mol. The Labute approximate surface area is 99.6 Å². The van der Waals surface area contributed by atoms with E-state index in [4.69, 9.17) is 0 Å². The Hall–Kier alpha value is -0.570. The molecular weight excluding hydrogens is 200 g/mol. The van der Waals surface area contributed by atoms with E-state index in [0.29, 0.717) is 0 Å². The van der Waals surface area contributed by atoms with Crippen molar-refractivity contribution in [1.29, 1.82) is 0 Å². The Morgan fingerprint density at radius 2 is 1.94 bits per heavy atom. The number of nitrogens with zero attached hydrogens (tertiary/aromatic N) is 1. The van der Waals surface area contributed by atoms with Crippen molar-refractivity contribution >= 4 is 5.91 Å². The number of hydrogen-bond acceptors (Lipinski definition) is 2. The first-order valence-electron chi connectivity index (χ1n) is 6.60. The summed E-state index contributed by atoms with van der Waals surface area (Å²) in [4.78, 5) is 13.6. The van der Waals surface area contributed by atoms with E-state index in [1.807, 2.05) is 14.1 Å². The van der Waals surface area contributed by atoms with Crippen LogP contribution in [0, 0.1) is 5.92 Å². The SMILES string of the molecule is CN(C)CCNC(=O)CCC1CCCCC1. The molecule has 0 unspecified atom stereocenters. The van der Waals surface area contributed by atoms with Gasteiger partial charge in [0.05, 0.1) is 0 Å². The molecule has 16 heavy (non-hydrogen) atoms. The van der Waals surface area contributed by atoms with E-state index in [0.717, 1.165) is 31.8 Å². The van der Waals surface area contributed by atoms with Gasteiger partial charge < -0.3 is 10.2 Å². The molecule has 1 saturated carbocycles. The number of carbonyl (C=O) groups excluding carboxylic acids is 1. The molecule has 0 aromatic carbocycles. The summed E-state index contributed by atoms with van der Waals surface area (Å²) in [6.07, 6.45) is 8.62. The second-order valence-electron chi connectivity index (χ2n) is 5.20. The van der Waals surface area contributed by atoms with E-state index in [2.05, 4.69) is 10.2 Å². The highest BCUT2D eigenvalue weighted by molar-refractivity contribution is 5.75. The van der Waals surface area contributed by atoms with Gasteiger partial charge >= 0.3 is 0 Å². The molecule has 1 aliphatic rings. The smallest absolute Gasteiger partial charge is 0.220 e. The van der Waals surface area contributed by atoms with Crippen molar-refractivity contribution in [3.05, 3.63) is 0 Å². The summed E-state index contributed by atoms with van der Waals surface area (Å²) in [6, 6.07) is 0. The van der Waals surface area contributed by atoms with Gasteiger partial charge in [0, 0.05) is 19.5 Å². The van der Waals surface area contributed by atoms with Gasteiger partial charge in [-0.25, -0.2) is 0 Å². The average Bonchev–Trinajstić information content (AvgIpc) is 2.27. The van der Waals surface area contributed by atoms with Crippen molar-refractivity contribution in [1.82, 2.24) is 10.2 Å². The summed E-state index contributed by atoms with van der Waals surface area (Å²) in [5, 5.41) is 2.97. The second kappa shape index (κ2) is 7.66. The maximum Gasteiger partial charge on any atom is 0.220 e. The summed E-state index contributed by atoms with van der Waals surface area (Å²) in [5.41, 5.74) is 0. The maximum absolute atomic E-state index is 11.5. The minimum Gasteiger partial charge on any atom is -0.355 e. The van der Waals surface area contributed by atoms with Crippen LogP contribution in [-0.2, 0) is 4.79 Å². The van der Waals surface area contributed by atoms with Crippen LogP contribution in [-0.4, -0.2) is 38.0 Å². The van der Waals surface area contributed by atoms with Crippen molar-refractivity contribution in [2.75, 3.05) is 27.2 Å². The Morgan fingerprint density at radius 3 is 2.56 bits per heavy atom. The van der Waals surface area contributed by atoms with Crippen LogP contribution >= 0.6 is 0 Å². The third-order valence-corrected chi connectivity index (χ3v) is 3.39. The molecule has 1 N–H and O–H groups in total. The van der Waals surface area contributed by atoms with Gasteiger partial charge in [-0.2, -0.15) is 0 Å². The topological polar surface area (TPSA) is 32.3 Å². The molecule has 0 radical (unpaired) electrons. The van der Waals surface area contributed by atoms with Gasteiger partial charge in [-0.1, -0.05) is 32.1 Å². The van der Waals surface area contributed by atoms with Crippen molar-refractivity contribution in [2.45, 2.75) is 44.9 Å². The van der Waals surface area contributed by atoms with E-state index in [-0.39, 0.29) is 5.91 Å². The largest absolute Gasteiger partial charge is 0.355 e. The van der Waals surface area contributed by atoms with Crippen molar-refractivity contribution in [3.8, 4) is 0 Å². The molecule has 0 aliphatic heterocycles. The van der Waals surface area contributed by atoms with Crippen molar-refractivity contribution in [3.63, 3.8) is 0 Å². The number of rotatable bonds is 6. The molecule has 94 valence electrons. The normalized spacial score (nSPS) is 17.7. The Kier molecular flexibility index (Phi) is 6.46. The van der Waals surface area contributed by atoms with Gasteiger partial charge in [-0.15, -0.1) is 0 Å². The zero-order valence-electron chi connectivity index (χ0n) is 10.8. The number of nitrogens with one attached hydrogen (secondary N) is 1. The zero-order valence-corrected chi connectivity index (χ0v) is 10.8. The highest BCUT2D eigenvalue weighted by Gasteiger charge is 2.14. The molecule has 0 bridgehead atoms.